The maximum Gasteiger partial charge on any atom is 0.227 e. The Morgan fingerprint density at radius 2 is 1.10 bits per heavy atom. The topological polar surface area (TPSA) is 60.0 Å². The Labute approximate surface area is 359 Å². The predicted octanol–water partition coefficient (Wildman–Crippen LogP) is 14.5. The van der Waals surface area contributed by atoms with Gasteiger partial charge >= 0.3 is 0 Å². The lowest BCUT2D eigenvalue weighted by Crippen LogP contribution is -2.30. The lowest BCUT2D eigenvalue weighted by atomic mass is 9.73. The molecule has 0 N–H and O–H groups in total. The van der Waals surface area contributed by atoms with Crippen LogP contribution in [-0.2, 0) is 5.41 Å². The first-order valence-corrected chi connectivity index (χ1v) is 21.0. The number of anilines is 3. The minimum atomic E-state index is -0.234. The Bertz CT molecular complexity index is 3430. The van der Waals surface area contributed by atoms with Crippen LogP contribution in [0.4, 0.5) is 17.1 Å². The highest BCUT2D eigenvalue weighted by Crippen LogP contribution is 2.52. The summed E-state index contributed by atoms with van der Waals surface area (Å²) in [4.78, 5) is 17.9. The van der Waals surface area contributed by atoms with E-state index in [4.69, 9.17) is 19.4 Å². The van der Waals surface area contributed by atoms with E-state index in [9.17, 15) is 0 Å². The third kappa shape index (κ3) is 5.68. The summed E-state index contributed by atoms with van der Waals surface area (Å²) in [7, 11) is 0. The van der Waals surface area contributed by atoms with Gasteiger partial charge in [0.15, 0.2) is 11.4 Å². The number of oxazole rings is 1. The Kier molecular flexibility index (Phi) is 8.09. The summed E-state index contributed by atoms with van der Waals surface area (Å²) < 4.78 is 9.02. The van der Waals surface area contributed by atoms with Crippen molar-refractivity contribution < 1.29 is 4.42 Å². The molecule has 1 aliphatic rings. The maximum atomic E-state index is 6.78. The molecule has 11 aromatic rings. The molecule has 0 fully saturated rings. The number of benzene rings is 8. The number of para-hydroxylation sites is 2. The summed E-state index contributed by atoms with van der Waals surface area (Å²) >= 11 is 0. The molecule has 0 bridgehead atoms. The molecule has 0 amide bonds. The van der Waals surface area contributed by atoms with E-state index >= 15 is 0 Å². The average Bonchev–Trinajstić information content (AvgIpc) is 3.92. The number of aromatic nitrogens is 4. The minimum Gasteiger partial charge on any atom is -0.434 e. The first-order chi connectivity index (χ1) is 30.5. The first kappa shape index (κ1) is 35.8. The molecular weight excluding hydrogens is 759 g/mol. The molecule has 0 atom stereocenters. The van der Waals surface area contributed by atoms with Gasteiger partial charge in [0.25, 0.3) is 0 Å². The van der Waals surface area contributed by atoms with E-state index < -0.39 is 0 Å². The Morgan fingerprint density at radius 3 is 1.85 bits per heavy atom. The summed E-state index contributed by atoms with van der Waals surface area (Å²) in [6.07, 6.45) is 0. The molecule has 6 nitrogen and oxygen atoms in total. The third-order valence-corrected chi connectivity index (χ3v) is 12.4. The fourth-order valence-electron chi connectivity index (χ4n) is 9.37. The Balaban J connectivity index is 1.10. The highest BCUT2D eigenvalue weighted by molar-refractivity contribution is 6.17. The van der Waals surface area contributed by atoms with Gasteiger partial charge in [0.1, 0.15) is 16.9 Å². The number of hydrogen-bond donors (Lipinski definition) is 0. The van der Waals surface area contributed by atoms with Gasteiger partial charge in [-0.25, -0.2) is 15.0 Å². The highest BCUT2D eigenvalue weighted by atomic mass is 16.3. The largest absolute Gasteiger partial charge is 0.434 e. The van der Waals surface area contributed by atoms with Gasteiger partial charge in [0.2, 0.25) is 5.89 Å². The second kappa shape index (κ2) is 14.0. The van der Waals surface area contributed by atoms with Crippen molar-refractivity contribution >= 4 is 50.0 Å². The molecule has 12 rings (SSSR count). The highest BCUT2D eigenvalue weighted by Gasteiger charge is 2.37. The van der Waals surface area contributed by atoms with Gasteiger partial charge < -0.3 is 9.32 Å². The van der Waals surface area contributed by atoms with Crippen molar-refractivity contribution in [1.29, 1.82) is 0 Å². The van der Waals surface area contributed by atoms with Crippen LogP contribution in [0.15, 0.2) is 205 Å². The van der Waals surface area contributed by atoms with Gasteiger partial charge in [-0.1, -0.05) is 141 Å². The molecule has 0 saturated heterocycles. The van der Waals surface area contributed by atoms with E-state index in [1.807, 2.05) is 66.7 Å². The van der Waals surface area contributed by atoms with Crippen LogP contribution in [0.25, 0.3) is 83.9 Å². The zero-order chi connectivity index (χ0) is 41.4. The standard InChI is InChI=1S/C56H39N5O/c1-56(2)44-25-15-16-26-49(44)60(41-23-13-6-14-24-41)50-32-28-40(34-45(50)56)39-27-31-48-43(33-39)42-29-30-46-53(62-55(58-46)38-21-11-5-12-22-38)52(42)61(48)51-35-47(36-17-7-3-8-18-36)57-54(59-51)37-19-9-4-10-20-37/h3-35H,1-2H3. The van der Waals surface area contributed by atoms with E-state index in [1.54, 1.807) is 0 Å². The maximum absolute atomic E-state index is 6.78. The zero-order valence-electron chi connectivity index (χ0n) is 34.2. The first-order valence-electron chi connectivity index (χ1n) is 21.0. The van der Waals surface area contributed by atoms with Gasteiger partial charge in [-0.15, -0.1) is 0 Å². The molecular formula is C56H39N5O. The van der Waals surface area contributed by atoms with Crippen LogP contribution < -0.4 is 4.90 Å². The molecule has 0 saturated carbocycles. The van der Waals surface area contributed by atoms with Crippen LogP contribution in [-0.4, -0.2) is 19.5 Å². The van der Waals surface area contributed by atoms with Crippen LogP contribution >= 0.6 is 0 Å². The molecule has 0 unspecified atom stereocenters. The fraction of sp³-hybridized carbons (Fsp3) is 0.0536. The summed E-state index contributed by atoms with van der Waals surface area (Å²) in [5, 5.41) is 2.14. The molecule has 0 radical (unpaired) electrons. The molecule has 3 aromatic heterocycles. The van der Waals surface area contributed by atoms with Crippen molar-refractivity contribution in [3.05, 3.63) is 211 Å². The normalized spacial score (nSPS) is 13.1. The van der Waals surface area contributed by atoms with Crippen LogP contribution in [0.5, 0.6) is 0 Å². The van der Waals surface area contributed by atoms with Gasteiger partial charge in [-0.2, -0.15) is 0 Å². The van der Waals surface area contributed by atoms with Crippen molar-refractivity contribution in [1.82, 2.24) is 19.5 Å². The van der Waals surface area contributed by atoms with Crippen molar-refractivity contribution in [3.63, 3.8) is 0 Å². The third-order valence-electron chi connectivity index (χ3n) is 12.4. The molecule has 62 heavy (non-hydrogen) atoms. The van der Waals surface area contributed by atoms with Crippen LogP contribution in [0.1, 0.15) is 25.0 Å². The van der Waals surface area contributed by atoms with Gasteiger partial charge in [-0.05, 0) is 89.0 Å². The van der Waals surface area contributed by atoms with Crippen molar-refractivity contribution in [2.75, 3.05) is 4.90 Å². The molecule has 1 aliphatic heterocycles. The SMILES string of the molecule is CC1(C)c2ccccc2N(c2ccccc2)c2ccc(-c3ccc4c(c3)c3ccc5nc(-c6ccccc6)oc5c3n4-c3cc(-c4ccccc4)nc(-c4ccccc4)n3)cc21. The van der Waals surface area contributed by atoms with Gasteiger partial charge in [0, 0.05) is 44.6 Å². The van der Waals surface area contributed by atoms with Crippen molar-refractivity contribution in [3.8, 4) is 51.0 Å². The molecule has 4 heterocycles. The second-order valence-electron chi connectivity index (χ2n) is 16.5. The molecule has 0 aliphatic carbocycles. The molecule has 8 aromatic carbocycles. The van der Waals surface area contributed by atoms with E-state index in [2.05, 4.69) is 157 Å². The number of rotatable bonds is 6. The Morgan fingerprint density at radius 1 is 0.468 bits per heavy atom. The average molecular weight is 798 g/mol. The molecule has 294 valence electrons. The van der Waals surface area contributed by atoms with Crippen LogP contribution in [0.3, 0.4) is 0 Å². The molecule has 6 heteroatoms. The quantitative estimate of drug-likeness (QED) is 0.168. The van der Waals surface area contributed by atoms with E-state index in [0.29, 0.717) is 17.3 Å². The summed E-state index contributed by atoms with van der Waals surface area (Å²) in [6.45, 7) is 4.68. The smallest absolute Gasteiger partial charge is 0.227 e. The van der Waals surface area contributed by atoms with Crippen molar-refractivity contribution in [2.24, 2.45) is 0 Å². The van der Waals surface area contributed by atoms with E-state index in [-0.39, 0.29) is 5.41 Å². The zero-order valence-corrected chi connectivity index (χ0v) is 34.2. The number of hydrogen-bond acceptors (Lipinski definition) is 5. The van der Waals surface area contributed by atoms with Crippen molar-refractivity contribution in [2.45, 2.75) is 19.3 Å². The van der Waals surface area contributed by atoms with Gasteiger partial charge in [-0.3, -0.25) is 4.57 Å². The fourth-order valence-corrected chi connectivity index (χ4v) is 9.37. The number of nitrogens with zero attached hydrogens (tertiary/aromatic N) is 5. The predicted molar refractivity (Wildman–Crippen MR) is 252 cm³/mol. The van der Waals surface area contributed by atoms with Gasteiger partial charge in [0.05, 0.1) is 22.6 Å². The van der Waals surface area contributed by atoms with E-state index in [0.717, 1.165) is 72.3 Å². The van der Waals surface area contributed by atoms with E-state index in [1.165, 1.54) is 22.5 Å². The second-order valence-corrected chi connectivity index (χ2v) is 16.5. The minimum absolute atomic E-state index is 0.234. The summed E-state index contributed by atoms with van der Waals surface area (Å²) in [5.74, 6) is 1.96. The summed E-state index contributed by atoms with van der Waals surface area (Å²) in [5.41, 5.74) is 15.3. The van der Waals surface area contributed by atoms with Crippen LogP contribution in [0.2, 0.25) is 0 Å². The molecule has 0 spiro atoms. The number of fused-ring (bicyclic) bond motifs is 7. The lowest BCUT2D eigenvalue weighted by Gasteiger charge is -2.42. The monoisotopic (exact) mass is 797 g/mol. The summed E-state index contributed by atoms with van der Waals surface area (Å²) in [6, 6.07) is 70.1. The lowest BCUT2D eigenvalue weighted by molar-refractivity contribution is 0.621. The Hall–Kier alpha value is -8.09. The van der Waals surface area contributed by atoms with Crippen LogP contribution in [0, 0.1) is 0 Å².